The van der Waals surface area contributed by atoms with Crippen LogP contribution < -0.4 is 5.32 Å². The van der Waals surface area contributed by atoms with Gasteiger partial charge in [0.25, 0.3) is 0 Å². The number of hydrogen-bond acceptors (Lipinski definition) is 2. The highest BCUT2D eigenvalue weighted by atomic mass is 35.5. The minimum atomic E-state index is -0.805. The van der Waals surface area contributed by atoms with Crippen LogP contribution in [0.4, 0.5) is 10.1 Å². The topological polar surface area (TPSA) is 32.3 Å². The number of rotatable bonds is 3. The van der Waals surface area contributed by atoms with Gasteiger partial charge in [-0.2, -0.15) is 0 Å². The molecule has 0 saturated carbocycles. The van der Waals surface area contributed by atoms with Crippen molar-refractivity contribution >= 4 is 28.9 Å². The van der Waals surface area contributed by atoms with Crippen molar-refractivity contribution in [1.29, 1.82) is 0 Å². The first-order valence-electron chi connectivity index (χ1n) is 5.84. The Bertz CT molecular complexity index is 544. The molecule has 102 valence electrons. The van der Waals surface area contributed by atoms with Crippen LogP contribution in [-0.4, -0.2) is 17.0 Å². The lowest BCUT2D eigenvalue weighted by molar-refractivity contribution is 0.339. The van der Waals surface area contributed by atoms with E-state index in [9.17, 15) is 9.50 Å². The van der Waals surface area contributed by atoms with Crippen LogP contribution in [0.3, 0.4) is 0 Å². The van der Waals surface area contributed by atoms with Gasteiger partial charge < -0.3 is 10.4 Å². The Morgan fingerprint density at radius 1 is 1.47 bits per heavy atom. The van der Waals surface area contributed by atoms with Crippen LogP contribution in [0.2, 0.25) is 5.02 Å². The van der Waals surface area contributed by atoms with Crippen LogP contribution in [-0.2, 0) is 0 Å². The maximum atomic E-state index is 13.9. The zero-order valence-corrected chi connectivity index (χ0v) is 11.8. The Kier molecular flexibility index (Phi) is 4.07. The minimum absolute atomic E-state index is 0.0142. The normalized spacial score (nSPS) is 26.1. The summed E-state index contributed by atoms with van der Waals surface area (Å²) in [6.07, 6.45) is 4.80. The number of aromatic hydroxyl groups is 1. The maximum absolute atomic E-state index is 13.9. The predicted molar refractivity (Wildman–Crippen MR) is 77.7 cm³/mol. The molecule has 2 nitrogen and oxygen atoms in total. The molecule has 0 bridgehead atoms. The van der Waals surface area contributed by atoms with Crippen LogP contribution in [0, 0.1) is 5.41 Å². The fourth-order valence-electron chi connectivity index (χ4n) is 1.86. The molecule has 19 heavy (non-hydrogen) atoms. The molecule has 0 spiro atoms. The quantitative estimate of drug-likeness (QED) is 0.636. The van der Waals surface area contributed by atoms with Gasteiger partial charge in [0, 0.05) is 12.2 Å². The van der Waals surface area contributed by atoms with Gasteiger partial charge in [0.1, 0.15) is 11.6 Å². The molecule has 0 amide bonds. The number of phenols is 1. The maximum Gasteiger partial charge on any atom is 0.134 e. The zero-order valence-electron chi connectivity index (χ0n) is 10.3. The van der Waals surface area contributed by atoms with Gasteiger partial charge >= 0.3 is 0 Å². The highest BCUT2D eigenvalue weighted by Crippen LogP contribution is 2.39. The number of anilines is 1. The van der Waals surface area contributed by atoms with Gasteiger partial charge in [-0.1, -0.05) is 23.8 Å². The van der Waals surface area contributed by atoms with Gasteiger partial charge in [-0.3, -0.25) is 0 Å². The molecule has 1 aromatic carbocycles. The highest BCUT2D eigenvalue weighted by molar-refractivity contribution is 6.32. The molecule has 0 saturated heterocycles. The summed E-state index contributed by atoms with van der Waals surface area (Å²) < 4.78 is 13.9. The molecule has 0 fully saturated rings. The summed E-state index contributed by atoms with van der Waals surface area (Å²) >= 11 is 12.0. The fourth-order valence-corrected chi connectivity index (χ4v) is 2.30. The number of alkyl halides is 1. The van der Waals surface area contributed by atoms with Crippen LogP contribution in [0.1, 0.15) is 6.92 Å². The molecule has 0 aromatic heterocycles. The van der Waals surface area contributed by atoms with Gasteiger partial charge in [0.2, 0.25) is 0 Å². The van der Waals surface area contributed by atoms with Crippen molar-refractivity contribution in [3.63, 3.8) is 0 Å². The van der Waals surface area contributed by atoms with Crippen molar-refractivity contribution < 1.29 is 9.50 Å². The number of allylic oxidation sites excluding steroid dienone is 3. The second-order valence-corrected chi connectivity index (χ2v) is 5.62. The summed E-state index contributed by atoms with van der Waals surface area (Å²) in [6, 6.07) is 4.75. The SMILES string of the molecule is CC1(CNc2ccc(O)c(Cl)c2)C(F)=CC=CC1Cl. The molecule has 0 radical (unpaired) electrons. The Labute approximate surface area is 121 Å². The van der Waals surface area contributed by atoms with Crippen molar-refractivity contribution in [2.24, 2.45) is 5.41 Å². The molecule has 1 aliphatic rings. The summed E-state index contributed by atoms with van der Waals surface area (Å²) in [4.78, 5) is 0. The molecule has 2 atom stereocenters. The number of phenolic OH excluding ortho intramolecular Hbond substituents is 1. The average Bonchev–Trinajstić information content (AvgIpc) is 2.38. The van der Waals surface area contributed by atoms with Crippen LogP contribution >= 0.6 is 23.2 Å². The fraction of sp³-hybridized carbons (Fsp3) is 0.286. The second-order valence-electron chi connectivity index (χ2n) is 4.74. The molecular formula is C14H14Cl2FNO. The standard InChI is InChI=1S/C14H14Cl2FNO/c1-14(12(16)3-2-4-13(14)17)8-18-9-5-6-11(19)10(15)7-9/h2-7,12,18-19H,8H2,1H3. The summed E-state index contributed by atoms with van der Waals surface area (Å²) in [7, 11) is 0. The number of halogens is 3. The van der Waals surface area contributed by atoms with E-state index in [4.69, 9.17) is 23.2 Å². The van der Waals surface area contributed by atoms with Crippen molar-refractivity contribution in [3.05, 3.63) is 47.3 Å². The number of benzene rings is 1. The van der Waals surface area contributed by atoms with E-state index in [1.807, 2.05) is 0 Å². The number of hydrogen-bond donors (Lipinski definition) is 2. The Hall–Kier alpha value is -1.19. The lowest BCUT2D eigenvalue weighted by Gasteiger charge is -2.33. The average molecular weight is 302 g/mol. The van der Waals surface area contributed by atoms with E-state index in [0.717, 1.165) is 0 Å². The smallest absolute Gasteiger partial charge is 0.134 e. The van der Waals surface area contributed by atoms with Crippen molar-refractivity contribution in [3.8, 4) is 5.75 Å². The third kappa shape index (κ3) is 2.88. The van der Waals surface area contributed by atoms with Crippen molar-refractivity contribution in [1.82, 2.24) is 0 Å². The van der Waals surface area contributed by atoms with E-state index in [-0.39, 0.29) is 16.6 Å². The first kappa shape index (κ1) is 14.2. The molecular weight excluding hydrogens is 288 g/mol. The van der Waals surface area contributed by atoms with Crippen LogP contribution in [0.5, 0.6) is 5.75 Å². The van der Waals surface area contributed by atoms with Crippen LogP contribution in [0.25, 0.3) is 0 Å². The molecule has 1 aromatic rings. The van der Waals surface area contributed by atoms with E-state index in [1.54, 1.807) is 31.2 Å². The third-order valence-electron chi connectivity index (χ3n) is 3.28. The molecule has 0 heterocycles. The van der Waals surface area contributed by atoms with Gasteiger partial charge in [-0.25, -0.2) is 4.39 Å². The molecule has 0 aliphatic heterocycles. The largest absolute Gasteiger partial charge is 0.506 e. The first-order valence-corrected chi connectivity index (χ1v) is 6.66. The highest BCUT2D eigenvalue weighted by Gasteiger charge is 2.37. The number of nitrogens with one attached hydrogen (secondary N) is 1. The summed E-state index contributed by atoms with van der Waals surface area (Å²) in [6.45, 7) is 2.09. The minimum Gasteiger partial charge on any atom is -0.506 e. The second kappa shape index (κ2) is 5.43. The van der Waals surface area contributed by atoms with E-state index < -0.39 is 10.8 Å². The van der Waals surface area contributed by atoms with E-state index in [2.05, 4.69) is 5.32 Å². The molecule has 5 heteroatoms. The van der Waals surface area contributed by atoms with Crippen LogP contribution in [0.15, 0.2) is 42.3 Å². The third-order valence-corrected chi connectivity index (χ3v) is 4.21. The lowest BCUT2D eigenvalue weighted by Crippen LogP contribution is -2.36. The first-order chi connectivity index (χ1) is 8.93. The Morgan fingerprint density at radius 2 is 2.21 bits per heavy atom. The van der Waals surface area contributed by atoms with E-state index in [0.29, 0.717) is 12.2 Å². The Balaban J connectivity index is 2.11. The predicted octanol–water partition coefficient (Wildman–Crippen LogP) is 4.49. The summed E-state index contributed by atoms with van der Waals surface area (Å²) in [5.74, 6) is -0.243. The summed E-state index contributed by atoms with van der Waals surface area (Å²) in [5, 5.41) is 12.3. The Morgan fingerprint density at radius 3 is 2.84 bits per heavy atom. The lowest BCUT2D eigenvalue weighted by atomic mass is 9.82. The summed E-state index contributed by atoms with van der Waals surface area (Å²) in [5.41, 5.74) is -0.101. The van der Waals surface area contributed by atoms with Gasteiger partial charge in [0.15, 0.2) is 0 Å². The van der Waals surface area contributed by atoms with Gasteiger partial charge in [-0.05, 0) is 31.2 Å². The van der Waals surface area contributed by atoms with Crippen molar-refractivity contribution in [2.45, 2.75) is 12.3 Å². The van der Waals surface area contributed by atoms with E-state index in [1.165, 1.54) is 12.1 Å². The van der Waals surface area contributed by atoms with Gasteiger partial charge in [0.05, 0.1) is 15.8 Å². The zero-order chi connectivity index (χ0) is 14.0. The van der Waals surface area contributed by atoms with Gasteiger partial charge in [-0.15, -0.1) is 11.6 Å². The van der Waals surface area contributed by atoms with E-state index >= 15 is 0 Å². The monoisotopic (exact) mass is 301 g/mol. The molecule has 2 rings (SSSR count). The molecule has 2 unspecified atom stereocenters. The molecule has 2 N–H and O–H groups in total. The molecule has 1 aliphatic carbocycles. The van der Waals surface area contributed by atoms with Crippen molar-refractivity contribution in [2.75, 3.05) is 11.9 Å².